The zero-order valence-corrected chi connectivity index (χ0v) is 19.3. The number of methoxy groups -OCH3 is 1. The predicted octanol–water partition coefficient (Wildman–Crippen LogP) is 7.44. The molecule has 0 aliphatic carbocycles. The Labute approximate surface area is 199 Å². The third-order valence-corrected chi connectivity index (χ3v) is 6.42. The molecular formula is C31H26O3. The first-order chi connectivity index (χ1) is 16.7. The number of benzene rings is 5. The molecule has 0 bridgehead atoms. The van der Waals surface area contributed by atoms with Gasteiger partial charge in [0.2, 0.25) is 0 Å². The average Bonchev–Trinajstić information content (AvgIpc) is 2.90. The monoisotopic (exact) mass is 446 g/mol. The van der Waals surface area contributed by atoms with Crippen LogP contribution in [0.4, 0.5) is 0 Å². The summed E-state index contributed by atoms with van der Waals surface area (Å²) in [6.07, 6.45) is -0.537. The van der Waals surface area contributed by atoms with E-state index in [0.29, 0.717) is 0 Å². The second-order valence-electron chi connectivity index (χ2n) is 8.45. The van der Waals surface area contributed by atoms with Crippen LogP contribution in [0, 0.1) is 0 Å². The van der Waals surface area contributed by atoms with Crippen LogP contribution in [-0.2, 0) is 9.53 Å². The predicted molar refractivity (Wildman–Crippen MR) is 137 cm³/mol. The van der Waals surface area contributed by atoms with Crippen LogP contribution < -0.4 is 4.74 Å². The van der Waals surface area contributed by atoms with Gasteiger partial charge in [0, 0.05) is 11.1 Å². The second kappa shape index (κ2) is 9.40. The fourth-order valence-corrected chi connectivity index (χ4v) is 4.50. The number of ether oxygens (including phenoxy) is 2. The number of fused-ring (bicyclic) bond motifs is 2. The number of carbonyl (C=O) groups excluding carboxylic acids is 1. The summed E-state index contributed by atoms with van der Waals surface area (Å²) in [7, 11) is 1.63. The van der Waals surface area contributed by atoms with Crippen molar-refractivity contribution in [3.63, 3.8) is 0 Å². The highest BCUT2D eigenvalue weighted by molar-refractivity contribution is 5.90. The molecule has 0 fully saturated rings. The van der Waals surface area contributed by atoms with Crippen LogP contribution in [0.3, 0.4) is 0 Å². The highest BCUT2D eigenvalue weighted by Gasteiger charge is 2.26. The molecule has 3 nitrogen and oxygen atoms in total. The summed E-state index contributed by atoms with van der Waals surface area (Å²) >= 11 is 0. The van der Waals surface area contributed by atoms with Crippen LogP contribution in [0.15, 0.2) is 109 Å². The summed E-state index contributed by atoms with van der Waals surface area (Å²) in [6.45, 7) is 1.88. The van der Waals surface area contributed by atoms with E-state index in [1.165, 1.54) is 0 Å². The van der Waals surface area contributed by atoms with Gasteiger partial charge in [0.1, 0.15) is 5.75 Å². The number of rotatable bonds is 6. The standard InChI is InChI=1S/C31H26O3/c1-21(22-17-19-25(33-2)20-18-22)31(32)34-30(28-15-7-11-23-9-3-5-13-26(23)28)29-16-8-12-24-10-4-6-14-27(24)29/h3-21,30H,1-2H3. The number of carbonyl (C=O) groups is 1. The Morgan fingerprint density at radius 3 is 1.68 bits per heavy atom. The molecular weight excluding hydrogens is 420 g/mol. The quantitative estimate of drug-likeness (QED) is 0.254. The first kappa shape index (κ1) is 21.7. The maximum absolute atomic E-state index is 13.5. The largest absolute Gasteiger partial charge is 0.497 e. The van der Waals surface area contributed by atoms with Crippen molar-refractivity contribution in [2.45, 2.75) is 18.9 Å². The first-order valence-corrected chi connectivity index (χ1v) is 11.5. The normalized spacial score (nSPS) is 12.1. The molecule has 34 heavy (non-hydrogen) atoms. The maximum atomic E-state index is 13.5. The van der Waals surface area contributed by atoms with E-state index >= 15 is 0 Å². The SMILES string of the molecule is COc1ccc(C(C)C(=O)OC(c2cccc3ccccc23)c2cccc3ccccc23)cc1. The molecule has 5 aromatic rings. The van der Waals surface area contributed by atoms with Gasteiger partial charge in [-0.1, -0.05) is 97.1 Å². The van der Waals surface area contributed by atoms with E-state index in [9.17, 15) is 4.79 Å². The fourth-order valence-electron chi connectivity index (χ4n) is 4.50. The van der Waals surface area contributed by atoms with E-state index in [1.807, 2.05) is 67.6 Å². The zero-order valence-electron chi connectivity index (χ0n) is 19.3. The number of esters is 1. The lowest BCUT2D eigenvalue weighted by Gasteiger charge is -2.24. The van der Waals surface area contributed by atoms with Gasteiger partial charge in [-0.05, 0) is 46.2 Å². The van der Waals surface area contributed by atoms with Crippen molar-refractivity contribution in [2.24, 2.45) is 0 Å². The van der Waals surface area contributed by atoms with E-state index in [2.05, 4.69) is 48.5 Å². The van der Waals surface area contributed by atoms with E-state index in [0.717, 1.165) is 44.0 Å². The highest BCUT2D eigenvalue weighted by Crippen LogP contribution is 2.37. The van der Waals surface area contributed by atoms with Crippen molar-refractivity contribution in [1.29, 1.82) is 0 Å². The lowest BCUT2D eigenvalue weighted by molar-refractivity contribution is -0.148. The molecule has 1 unspecified atom stereocenters. The van der Waals surface area contributed by atoms with Crippen molar-refractivity contribution in [3.8, 4) is 5.75 Å². The Hall–Kier alpha value is -4.11. The van der Waals surface area contributed by atoms with Gasteiger partial charge >= 0.3 is 5.97 Å². The third-order valence-electron chi connectivity index (χ3n) is 6.42. The first-order valence-electron chi connectivity index (χ1n) is 11.5. The molecule has 0 spiro atoms. The Morgan fingerprint density at radius 2 is 1.15 bits per heavy atom. The molecule has 0 saturated heterocycles. The summed E-state index contributed by atoms with van der Waals surface area (Å²) in [5.41, 5.74) is 2.84. The van der Waals surface area contributed by atoms with Gasteiger partial charge in [0.15, 0.2) is 6.10 Å². The van der Waals surface area contributed by atoms with Crippen LogP contribution >= 0.6 is 0 Å². The molecule has 0 aliphatic rings. The van der Waals surface area contributed by atoms with Crippen LogP contribution in [0.1, 0.15) is 35.6 Å². The fraction of sp³-hybridized carbons (Fsp3) is 0.129. The van der Waals surface area contributed by atoms with E-state index in [4.69, 9.17) is 9.47 Å². The molecule has 5 rings (SSSR count). The lowest BCUT2D eigenvalue weighted by atomic mass is 9.92. The highest BCUT2D eigenvalue weighted by atomic mass is 16.5. The number of hydrogen-bond donors (Lipinski definition) is 0. The topological polar surface area (TPSA) is 35.5 Å². The maximum Gasteiger partial charge on any atom is 0.314 e. The van der Waals surface area contributed by atoms with Gasteiger partial charge in [-0.3, -0.25) is 4.79 Å². The molecule has 0 radical (unpaired) electrons. The summed E-state index contributed by atoms with van der Waals surface area (Å²) in [4.78, 5) is 13.5. The van der Waals surface area contributed by atoms with Crippen molar-refractivity contribution >= 4 is 27.5 Å². The van der Waals surface area contributed by atoms with E-state index < -0.39 is 12.0 Å². The van der Waals surface area contributed by atoms with Gasteiger partial charge in [0.05, 0.1) is 13.0 Å². The summed E-state index contributed by atoms with van der Waals surface area (Å²) in [5.74, 6) is 0.0723. The number of hydrogen-bond acceptors (Lipinski definition) is 3. The minimum atomic E-state index is -0.537. The zero-order chi connectivity index (χ0) is 23.5. The molecule has 0 aliphatic heterocycles. The molecule has 168 valence electrons. The molecule has 0 heterocycles. The Morgan fingerprint density at radius 1 is 0.647 bits per heavy atom. The van der Waals surface area contributed by atoms with Crippen LogP contribution in [0.2, 0.25) is 0 Å². The van der Waals surface area contributed by atoms with Crippen molar-refractivity contribution in [1.82, 2.24) is 0 Å². The lowest BCUT2D eigenvalue weighted by Crippen LogP contribution is -2.18. The van der Waals surface area contributed by atoms with Gasteiger partial charge in [-0.15, -0.1) is 0 Å². The van der Waals surface area contributed by atoms with E-state index in [-0.39, 0.29) is 5.97 Å². The van der Waals surface area contributed by atoms with Crippen LogP contribution in [-0.4, -0.2) is 13.1 Å². The average molecular weight is 447 g/mol. The summed E-state index contributed by atoms with van der Waals surface area (Å²) in [6, 6.07) is 36.3. The van der Waals surface area contributed by atoms with Crippen molar-refractivity contribution in [2.75, 3.05) is 7.11 Å². The van der Waals surface area contributed by atoms with Gasteiger partial charge < -0.3 is 9.47 Å². The molecule has 0 saturated carbocycles. The smallest absolute Gasteiger partial charge is 0.314 e. The van der Waals surface area contributed by atoms with Crippen molar-refractivity contribution in [3.05, 3.63) is 126 Å². The Bertz CT molecular complexity index is 1360. The van der Waals surface area contributed by atoms with Crippen LogP contribution in [0.25, 0.3) is 21.5 Å². The Kier molecular flexibility index (Phi) is 6.01. The minimum Gasteiger partial charge on any atom is -0.497 e. The molecule has 3 heteroatoms. The second-order valence-corrected chi connectivity index (χ2v) is 8.45. The van der Waals surface area contributed by atoms with Gasteiger partial charge in [0.25, 0.3) is 0 Å². The summed E-state index contributed by atoms with van der Waals surface area (Å²) in [5, 5.41) is 4.38. The molecule has 5 aromatic carbocycles. The van der Waals surface area contributed by atoms with E-state index in [1.54, 1.807) is 7.11 Å². The molecule has 0 aromatic heterocycles. The van der Waals surface area contributed by atoms with Gasteiger partial charge in [-0.25, -0.2) is 0 Å². The molecule has 0 amide bonds. The minimum absolute atomic E-state index is 0.268. The van der Waals surface area contributed by atoms with Gasteiger partial charge in [-0.2, -0.15) is 0 Å². The molecule has 0 N–H and O–H groups in total. The van der Waals surface area contributed by atoms with Crippen LogP contribution in [0.5, 0.6) is 5.75 Å². The third kappa shape index (κ3) is 4.13. The van der Waals surface area contributed by atoms with Crippen molar-refractivity contribution < 1.29 is 14.3 Å². The Balaban J connectivity index is 1.60. The molecule has 1 atom stereocenters. The summed E-state index contributed by atoms with van der Waals surface area (Å²) < 4.78 is 11.6.